The molecule has 3 nitrogen and oxygen atoms in total. The Kier molecular flexibility index (Phi) is 3.66. The summed E-state index contributed by atoms with van der Waals surface area (Å²) >= 11 is -1.98. The van der Waals surface area contributed by atoms with Gasteiger partial charge < -0.3 is 0 Å². The lowest BCUT2D eigenvalue weighted by atomic mass is 10.0. The number of thioether (sulfide) groups is 1. The quantitative estimate of drug-likeness (QED) is 0.785. The van der Waals surface area contributed by atoms with Crippen LogP contribution in [0.2, 0.25) is 0 Å². The van der Waals surface area contributed by atoms with E-state index < -0.39 is 16.6 Å². The second kappa shape index (κ2) is 5.34. The Labute approximate surface area is 124 Å². The Hall–Kier alpha value is -1.54. The average molecular weight is 331 g/mol. The lowest BCUT2D eigenvalue weighted by Gasteiger charge is -2.06. The van der Waals surface area contributed by atoms with E-state index in [0.29, 0.717) is 11.5 Å². The summed E-state index contributed by atoms with van der Waals surface area (Å²) in [5.41, 5.74) is -3.82. The maximum atomic E-state index is 12.2. The van der Waals surface area contributed by atoms with Crippen LogP contribution in [0.1, 0.15) is 5.56 Å². The Morgan fingerprint density at radius 1 is 1.19 bits per heavy atom. The maximum Gasteiger partial charge on any atom is 0.510 e. The first kappa shape index (κ1) is 14.4. The number of rotatable bonds is 2. The van der Waals surface area contributed by atoms with Crippen LogP contribution in [-0.2, 0) is 15.4 Å². The molecule has 110 valence electrons. The van der Waals surface area contributed by atoms with Crippen LogP contribution in [0.3, 0.4) is 0 Å². The van der Waals surface area contributed by atoms with Gasteiger partial charge in [0.1, 0.15) is 5.71 Å². The van der Waals surface area contributed by atoms with Gasteiger partial charge in [-0.3, -0.25) is 4.28 Å². The molecule has 0 spiro atoms. The van der Waals surface area contributed by atoms with E-state index in [1.807, 2.05) is 36.4 Å². The highest BCUT2D eigenvalue weighted by atomic mass is 32.2. The summed E-state index contributed by atoms with van der Waals surface area (Å²) in [6.07, 6.45) is 0. The van der Waals surface area contributed by atoms with Crippen molar-refractivity contribution >= 4 is 39.3 Å². The van der Waals surface area contributed by atoms with Crippen LogP contribution in [0, 0.1) is 0 Å². The van der Waals surface area contributed by atoms with Crippen LogP contribution in [0.15, 0.2) is 46.4 Å². The highest BCUT2D eigenvalue weighted by Crippen LogP contribution is 2.37. The summed E-state index contributed by atoms with van der Waals surface area (Å²) in [5, 5.41) is 5.31. The second-order valence-electron chi connectivity index (χ2n) is 4.24. The zero-order valence-corrected chi connectivity index (χ0v) is 12.0. The Morgan fingerprint density at radius 3 is 2.71 bits per heavy atom. The molecule has 1 atom stereocenters. The van der Waals surface area contributed by atoms with E-state index in [9.17, 15) is 17.4 Å². The summed E-state index contributed by atoms with van der Waals surface area (Å²) in [6.45, 7) is 0. The van der Waals surface area contributed by atoms with Gasteiger partial charge in [0, 0.05) is 16.2 Å². The summed E-state index contributed by atoms with van der Waals surface area (Å²) in [7, 11) is 0. The standard InChI is InChI=1S/C13H8F3NO2S2/c14-13(15,16)21(18)19-17-10-7-20-11-6-5-8-3-1-2-4-9(8)12(10)11/h1-6H,7H2/b17-10+. The van der Waals surface area contributed by atoms with Gasteiger partial charge in [-0.15, -0.1) is 11.8 Å². The van der Waals surface area contributed by atoms with Crippen molar-refractivity contribution in [2.75, 3.05) is 5.75 Å². The molecule has 0 radical (unpaired) electrons. The molecule has 3 rings (SSSR count). The minimum absolute atomic E-state index is 0.365. The van der Waals surface area contributed by atoms with Crippen molar-refractivity contribution in [3.63, 3.8) is 0 Å². The van der Waals surface area contributed by atoms with Crippen LogP contribution in [0.25, 0.3) is 10.8 Å². The van der Waals surface area contributed by atoms with E-state index >= 15 is 0 Å². The van der Waals surface area contributed by atoms with Crippen molar-refractivity contribution in [1.82, 2.24) is 0 Å². The molecular weight excluding hydrogens is 323 g/mol. The van der Waals surface area contributed by atoms with Gasteiger partial charge in [0.15, 0.2) is 0 Å². The fourth-order valence-corrected chi connectivity index (χ4v) is 3.35. The number of hydrogen-bond donors (Lipinski definition) is 0. The molecule has 1 heterocycles. The van der Waals surface area contributed by atoms with Crippen molar-refractivity contribution in [3.05, 3.63) is 42.0 Å². The third-order valence-corrected chi connectivity index (χ3v) is 4.60. The molecule has 2 aromatic carbocycles. The molecule has 1 unspecified atom stereocenters. The average Bonchev–Trinajstić information content (AvgIpc) is 2.87. The normalized spacial score (nSPS) is 18.0. The smallest absolute Gasteiger partial charge is 0.283 e. The minimum atomic E-state index is -4.93. The minimum Gasteiger partial charge on any atom is -0.283 e. The summed E-state index contributed by atoms with van der Waals surface area (Å²) in [4.78, 5) is 0.925. The molecule has 0 saturated heterocycles. The van der Waals surface area contributed by atoms with Crippen LogP contribution in [0.4, 0.5) is 13.2 Å². The Bertz CT molecular complexity index is 759. The van der Waals surface area contributed by atoms with Crippen molar-refractivity contribution in [2.24, 2.45) is 5.16 Å². The zero-order chi connectivity index (χ0) is 15.0. The summed E-state index contributed by atoms with van der Waals surface area (Å²) < 4.78 is 51.5. The van der Waals surface area contributed by atoms with Gasteiger partial charge >= 0.3 is 16.6 Å². The predicted molar refractivity (Wildman–Crippen MR) is 76.5 cm³/mol. The molecule has 0 N–H and O–H groups in total. The van der Waals surface area contributed by atoms with E-state index in [4.69, 9.17) is 0 Å². The number of benzene rings is 2. The zero-order valence-electron chi connectivity index (χ0n) is 10.4. The van der Waals surface area contributed by atoms with Gasteiger partial charge in [-0.05, 0) is 16.8 Å². The monoisotopic (exact) mass is 331 g/mol. The molecule has 1 aliphatic heterocycles. The summed E-state index contributed by atoms with van der Waals surface area (Å²) in [5.74, 6) is 0.387. The fraction of sp³-hybridized carbons (Fsp3) is 0.154. The number of nitrogens with zero attached hydrogens (tertiary/aromatic N) is 1. The van der Waals surface area contributed by atoms with E-state index in [0.717, 1.165) is 21.2 Å². The van der Waals surface area contributed by atoms with Crippen LogP contribution in [0.5, 0.6) is 0 Å². The SMILES string of the molecule is O=S(O/N=C1\CSc2ccc3ccccc3c21)C(F)(F)F. The molecule has 0 fully saturated rings. The van der Waals surface area contributed by atoms with Crippen molar-refractivity contribution in [3.8, 4) is 0 Å². The molecule has 1 aliphatic rings. The molecule has 2 aromatic rings. The molecule has 0 aromatic heterocycles. The third kappa shape index (κ3) is 2.77. The first-order chi connectivity index (χ1) is 9.97. The van der Waals surface area contributed by atoms with Crippen LogP contribution < -0.4 is 0 Å². The molecule has 0 saturated carbocycles. The first-order valence-corrected chi connectivity index (χ1v) is 7.91. The highest BCUT2D eigenvalue weighted by Gasteiger charge is 2.40. The van der Waals surface area contributed by atoms with Gasteiger partial charge in [0.2, 0.25) is 0 Å². The number of alkyl halides is 3. The molecule has 0 aliphatic carbocycles. The third-order valence-electron chi connectivity index (χ3n) is 2.95. The van der Waals surface area contributed by atoms with Gasteiger partial charge in [0.05, 0.1) is 0 Å². The van der Waals surface area contributed by atoms with E-state index in [1.165, 1.54) is 11.8 Å². The lowest BCUT2D eigenvalue weighted by molar-refractivity contribution is -0.0471. The van der Waals surface area contributed by atoms with Gasteiger partial charge in [-0.25, -0.2) is 4.21 Å². The number of oxime groups is 1. The van der Waals surface area contributed by atoms with Crippen molar-refractivity contribution < 1.29 is 21.7 Å². The topological polar surface area (TPSA) is 38.7 Å². The summed E-state index contributed by atoms with van der Waals surface area (Å²) in [6, 6.07) is 11.3. The Morgan fingerprint density at radius 2 is 1.95 bits per heavy atom. The molecule has 21 heavy (non-hydrogen) atoms. The number of halogens is 3. The largest absolute Gasteiger partial charge is 0.510 e. The molecule has 0 amide bonds. The number of hydrogen-bond acceptors (Lipinski definition) is 4. The van der Waals surface area contributed by atoms with Crippen LogP contribution >= 0.6 is 11.8 Å². The molecular formula is C13H8F3NO2S2. The highest BCUT2D eigenvalue weighted by molar-refractivity contribution is 8.00. The van der Waals surface area contributed by atoms with E-state index in [1.54, 1.807) is 0 Å². The van der Waals surface area contributed by atoms with Gasteiger partial charge in [-0.2, -0.15) is 13.2 Å². The van der Waals surface area contributed by atoms with E-state index in [2.05, 4.69) is 9.44 Å². The lowest BCUT2D eigenvalue weighted by Crippen LogP contribution is -2.17. The maximum absolute atomic E-state index is 12.2. The Balaban J connectivity index is 2.00. The van der Waals surface area contributed by atoms with Crippen molar-refractivity contribution in [1.29, 1.82) is 0 Å². The van der Waals surface area contributed by atoms with Gasteiger partial charge in [-0.1, -0.05) is 35.5 Å². The molecule has 0 bridgehead atoms. The predicted octanol–water partition coefficient (Wildman–Crippen LogP) is 3.85. The number of fused-ring (bicyclic) bond motifs is 3. The fourth-order valence-electron chi connectivity index (χ4n) is 2.08. The second-order valence-corrected chi connectivity index (χ2v) is 6.34. The van der Waals surface area contributed by atoms with Crippen LogP contribution in [-0.4, -0.2) is 21.2 Å². The van der Waals surface area contributed by atoms with E-state index in [-0.39, 0.29) is 0 Å². The van der Waals surface area contributed by atoms with Crippen molar-refractivity contribution in [2.45, 2.75) is 10.4 Å². The van der Waals surface area contributed by atoms with Gasteiger partial charge in [0.25, 0.3) is 0 Å². The molecule has 8 heteroatoms. The first-order valence-electron chi connectivity index (χ1n) is 5.84.